The Morgan fingerprint density at radius 1 is 1.28 bits per heavy atom. The van der Waals surface area contributed by atoms with Crippen molar-refractivity contribution in [3.8, 4) is 0 Å². The first-order valence-corrected chi connectivity index (χ1v) is 6.56. The van der Waals surface area contributed by atoms with Crippen molar-refractivity contribution < 1.29 is 4.39 Å². The van der Waals surface area contributed by atoms with Crippen molar-refractivity contribution in [2.45, 2.75) is 26.7 Å². The van der Waals surface area contributed by atoms with Gasteiger partial charge in [-0.3, -0.25) is 4.98 Å². The van der Waals surface area contributed by atoms with Crippen molar-refractivity contribution in [3.05, 3.63) is 34.7 Å². The summed E-state index contributed by atoms with van der Waals surface area (Å²) in [6.45, 7) is 4.90. The third kappa shape index (κ3) is 2.56. The van der Waals surface area contributed by atoms with E-state index in [2.05, 4.69) is 17.2 Å². The summed E-state index contributed by atoms with van der Waals surface area (Å²) >= 11 is 6.11. The zero-order valence-electron chi connectivity index (χ0n) is 10.6. The van der Waals surface area contributed by atoms with Crippen LogP contribution in [0.15, 0.2) is 18.2 Å². The molecular formula is C14H16ClFN2. The molecular weight excluding hydrogens is 251 g/mol. The summed E-state index contributed by atoms with van der Waals surface area (Å²) in [5, 5.41) is 4.45. The molecule has 2 nitrogen and oxygen atoms in total. The van der Waals surface area contributed by atoms with Crippen LogP contribution in [0.5, 0.6) is 0 Å². The zero-order valence-corrected chi connectivity index (χ0v) is 11.3. The normalized spacial score (nSPS) is 10.9. The fourth-order valence-corrected chi connectivity index (χ4v) is 2.36. The Labute approximate surface area is 111 Å². The average molecular weight is 267 g/mol. The fourth-order valence-electron chi connectivity index (χ4n) is 2.05. The molecule has 1 aromatic carbocycles. The summed E-state index contributed by atoms with van der Waals surface area (Å²) in [7, 11) is 0. The number of aryl methyl sites for hydroxylation is 1. The molecule has 0 saturated carbocycles. The van der Waals surface area contributed by atoms with E-state index in [9.17, 15) is 4.39 Å². The zero-order chi connectivity index (χ0) is 13.1. The standard InChI is InChI=1S/C14H16ClFN2/c1-3-5-10-8-12(17-4-2)14-11(15)6-9(16)7-13(14)18-10/h6-8H,3-5H2,1-2H3,(H,17,18). The van der Waals surface area contributed by atoms with Crippen molar-refractivity contribution in [1.82, 2.24) is 4.98 Å². The number of anilines is 1. The van der Waals surface area contributed by atoms with Crippen LogP contribution in [-0.4, -0.2) is 11.5 Å². The maximum atomic E-state index is 13.4. The number of benzene rings is 1. The van der Waals surface area contributed by atoms with E-state index >= 15 is 0 Å². The van der Waals surface area contributed by atoms with Gasteiger partial charge in [0.2, 0.25) is 0 Å². The van der Waals surface area contributed by atoms with Gasteiger partial charge in [0.05, 0.1) is 10.5 Å². The van der Waals surface area contributed by atoms with E-state index in [1.54, 1.807) is 0 Å². The fraction of sp³-hybridized carbons (Fsp3) is 0.357. The number of hydrogen-bond acceptors (Lipinski definition) is 2. The molecule has 1 aromatic heterocycles. The maximum absolute atomic E-state index is 13.4. The van der Waals surface area contributed by atoms with Crippen molar-refractivity contribution in [2.75, 3.05) is 11.9 Å². The second-order valence-corrected chi connectivity index (χ2v) is 4.63. The van der Waals surface area contributed by atoms with E-state index in [0.717, 1.165) is 36.2 Å². The minimum Gasteiger partial charge on any atom is -0.385 e. The van der Waals surface area contributed by atoms with Gasteiger partial charge in [-0.2, -0.15) is 0 Å². The first-order valence-electron chi connectivity index (χ1n) is 6.18. The molecule has 0 saturated heterocycles. The summed E-state index contributed by atoms with van der Waals surface area (Å²) in [5.41, 5.74) is 2.50. The van der Waals surface area contributed by atoms with E-state index in [0.29, 0.717) is 10.5 Å². The van der Waals surface area contributed by atoms with Gasteiger partial charge >= 0.3 is 0 Å². The van der Waals surface area contributed by atoms with Crippen LogP contribution in [0.3, 0.4) is 0 Å². The molecule has 0 unspecified atom stereocenters. The van der Waals surface area contributed by atoms with Gasteiger partial charge in [-0.25, -0.2) is 4.39 Å². The van der Waals surface area contributed by atoms with Crippen molar-refractivity contribution >= 4 is 28.2 Å². The highest BCUT2D eigenvalue weighted by Gasteiger charge is 2.10. The second-order valence-electron chi connectivity index (χ2n) is 4.22. The smallest absolute Gasteiger partial charge is 0.126 e. The highest BCUT2D eigenvalue weighted by atomic mass is 35.5. The highest BCUT2D eigenvalue weighted by molar-refractivity contribution is 6.36. The predicted molar refractivity (Wildman–Crippen MR) is 74.9 cm³/mol. The third-order valence-corrected chi connectivity index (χ3v) is 3.05. The SMILES string of the molecule is CCCc1cc(NCC)c2c(Cl)cc(F)cc2n1. The maximum Gasteiger partial charge on any atom is 0.126 e. The van der Waals surface area contributed by atoms with Gasteiger partial charge < -0.3 is 5.32 Å². The predicted octanol–water partition coefficient (Wildman–Crippen LogP) is 4.41. The first kappa shape index (κ1) is 13.1. The third-order valence-electron chi connectivity index (χ3n) is 2.75. The number of rotatable bonds is 4. The molecule has 1 heterocycles. The Kier molecular flexibility index (Phi) is 4.02. The molecule has 0 spiro atoms. The Morgan fingerprint density at radius 2 is 2.06 bits per heavy atom. The van der Waals surface area contributed by atoms with Crippen LogP contribution in [0.4, 0.5) is 10.1 Å². The van der Waals surface area contributed by atoms with Crippen LogP contribution < -0.4 is 5.32 Å². The number of nitrogens with zero attached hydrogens (tertiary/aromatic N) is 1. The van der Waals surface area contributed by atoms with E-state index in [1.165, 1.54) is 12.1 Å². The molecule has 0 atom stereocenters. The molecule has 0 aliphatic heterocycles. The lowest BCUT2D eigenvalue weighted by atomic mass is 10.1. The molecule has 0 amide bonds. The quantitative estimate of drug-likeness (QED) is 0.887. The van der Waals surface area contributed by atoms with Gasteiger partial charge in [-0.05, 0) is 25.5 Å². The van der Waals surface area contributed by atoms with Gasteiger partial charge in [0.15, 0.2) is 0 Å². The number of halogens is 2. The van der Waals surface area contributed by atoms with Crippen LogP contribution in [0.25, 0.3) is 10.9 Å². The molecule has 0 radical (unpaired) electrons. The number of pyridine rings is 1. The second kappa shape index (κ2) is 5.53. The number of nitrogens with one attached hydrogen (secondary N) is 1. The Hall–Kier alpha value is -1.35. The van der Waals surface area contributed by atoms with Gasteiger partial charge in [-0.15, -0.1) is 0 Å². The molecule has 0 bridgehead atoms. The van der Waals surface area contributed by atoms with E-state index in [-0.39, 0.29) is 5.82 Å². The number of hydrogen-bond donors (Lipinski definition) is 1. The van der Waals surface area contributed by atoms with Crippen LogP contribution in [-0.2, 0) is 6.42 Å². The van der Waals surface area contributed by atoms with Crippen molar-refractivity contribution in [1.29, 1.82) is 0 Å². The lowest BCUT2D eigenvalue weighted by molar-refractivity contribution is 0.629. The molecule has 0 fully saturated rings. The van der Waals surface area contributed by atoms with E-state index < -0.39 is 0 Å². The summed E-state index contributed by atoms with van der Waals surface area (Å²) in [4.78, 5) is 4.47. The largest absolute Gasteiger partial charge is 0.385 e. The monoisotopic (exact) mass is 266 g/mol. The van der Waals surface area contributed by atoms with Crippen LogP contribution in [0.2, 0.25) is 5.02 Å². The number of aromatic nitrogens is 1. The minimum absolute atomic E-state index is 0.351. The summed E-state index contributed by atoms with van der Waals surface area (Å²) in [5.74, 6) is -0.351. The molecule has 0 aliphatic carbocycles. The molecule has 96 valence electrons. The summed E-state index contributed by atoms with van der Waals surface area (Å²) in [6, 6.07) is 4.76. The van der Waals surface area contributed by atoms with Gasteiger partial charge in [-0.1, -0.05) is 24.9 Å². The highest BCUT2D eigenvalue weighted by Crippen LogP contribution is 2.31. The first-order chi connectivity index (χ1) is 8.65. The lowest BCUT2D eigenvalue weighted by Crippen LogP contribution is -2.01. The van der Waals surface area contributed by atoms with Crippen LogP contribution >= 0.6 is 11.6 Å². The number of fused-ring (bicyclic) bond motifs is 1. The van der Waals surface area contributed by atoms with Gasteiger partial charge in [0, 0.05) is 29.4 Å². The Morgan fingerprint density at radius 3 is 2.72 bits per heavy atom. The molecule has 0 aliphatic rings. The summed E-state index contributed by atoms with van der Waals surface area (Å²) in [6.07, 6.45) is 1.88. The average Bonchev–Trinajstić information content (AvgIpc) is 2.28. The van der Waals surface area contributed by atoms with Crippen LogP contribution in [0.1, 0.15) is 26.0 Å². The van der Waals surface area contributed by atoms with E-state index in [4.69, 9.17) is 11.6 Å². The van der Waals surface area contributed by atoms with Crippen molar-refractivity contribution in [3.63, 3.8) is 0 Å². The Balaban J connectivity index is 2.68. The molecule has 2 rings (SSSR count). The Bertz CT molecular complexity index is 569. The topological polar surface area (TPSA) is 24.9 Å². The van der Waals surface area contributed by atoms with Gasteiger partial charge in [0.25, 0.3) is 0 Å². The molecule has 4 heteroatoms. The minimum atomic E-state index is -0.351. The van der Waals surface area contributed by atoms with Crippen molar-refractivity contribution in [2.24, 2.45) is 0 Å². The summed E-state index contributed by atoms with van der Waals surface area (Å²) < 4.78 is 13.4. The molecule has 1 N–H and O–H groups in total. The lowest BCUT2D eigenvalue weighted by Gasteiger charge is -2.11. The van der Waals surface area contributed by atoms with Crippen LogP contribution in [0, 0.1) is 5.82 Å². The molecule has 2 aromatic rings. The van der Waals surface area contributed by atoms with E-state index in [1.807, 2.05) is 13.0 Å². The molecule has 18 heavy (non-hydrogen) atoms. The van der Waals surface area contributed by atoms with Gasteiger partial charge in [0.1, 0.15) is 5.82 Å².